The van der Waals surface area contributed by atoms with Gasteiger partial charge in [-0.1, -0.05) is 23.9 Å². The van der Waals surface area contributed by atoms with Crippen molar-refractivity contribution in [1.29, 1.82) is 0 Å². The lowest BCUT2D eigenvalue weighted by Gasteiger charge is -2.10. The molecule has 7 heteroatoms. The van der Waals surface area contributed by atoms with E-state index in [9.17, 15) is 4.39 Å². The molecule has 1 heterocycles. The molecular formula is C21H22FN3O2S. The van der Waals surface area contributed by atoms with Crippen LogP contribution in [0.25, 0.3) is 11.4 Å². The van der Waals surface area contributed by atoms with Crippen molar-refractivity contribution < 1.29 is 13.9 Å². The molecule has 5 nitrogen and oxygen atoms in total. The molecule has 1 aromatic heterocycles. The Labute approximate surface area is 167 Å². The minimum Gasteiger partial charge on any atom is -0.497 e. The molecule has 0 amide bonds. The molecule has 0 atom stereocenters. The summed E-state index contributed by atoms with van der Waals surface area (Å²) in [5.74, 6) is 2.86. The summed E-state index contributed by atoms with van der Waals surface area (Å²) in [5.41, 5.74) is 0.511. The third-order valence-electron chi connectivity index (χ3n) is 4.54. The summed E-state index contributed by atoms with van der Waals surface area (Å²) in [6, 6.07) is 14.7. The molecule has 28 heavy (non-hydrogen) atoms. The highest BCUT2D eigenvalue weighted by molar-refractivity contribution is 7.99. The van der Waals surface area contributed by atoms with Gasteiger partial charge in [0.05, 0.1) is 19.3 Å². The SMILES string of the molecule is COc1ccc(OCCCSc2nnc(-c3ccccc3F)n2C2CC2)cc1. The summed E-state index contributed by atoms with van der Waals surface area (Å²) >= 11 is 1.64. The van der Waals surface area contributed by atoms with Crippen molar-refractivity contribution in [2.24, 2.45) is 0 Å². The van der Waals surface area contributed by atoms with E-state index in [0.29, 0.717) is 24.0 Å². The van der Waals surface area contributed by atoms with E-state index in [4.69, 9.17) is 9.47 Å². The second kappa shape index (κ2) is 8.65. The van der Waals surface area contributed by atoms with Crippen molar-refractivity contribution in [3.05, 3.63) is 54.3 Å². The van der Waals surface area contributed by atoms with Gasteiger partial charge in [-0.25, -0.2) is 4.39 Å². The van der Waals surface area contributed by atoms with Gasteiger partial charge in [0.1, 0.15) is 17.3 Å². The number of thioether (sulfide) groups is 1. The van der Waals surface area contributed by atoms with Crippen molar-refractivity contribution in [2.75, 3.05) is 19.5 Å². The van der Waals surface area contributed by atoms with Crippen LogP contribution >= 0.6 is 11.8 Å². The lowest BCUT2D eigenvalue weighted by atomic mass is 10.2. The van der Waals surface area contributed by atoms with Crippen molar-refractivity contribution in [2.45, 2.75) is 30.5 Å². The topological polar surface area (TPSA) is 49.2 Å². The van der Waals surface area contributed by atoms with Crippen LogP contribution in [0.3, 0.4) is 0 Å². The van der Waals surface area contributed by atoms with Gasteiger partial charge in [0.15, 0.2) is 11.0 Å². The number of nitrogens with zero attached hydrogens (tertiary/aromatic N) is 3. The van der Waals surface area contributed by atoms with Crippen molar-refractivity contribution >= 4 is 11.8 Å². The van der Waals surface area contributed by atoms with E-state index in [2.05, 4.69) is 14.8 Å². The molecule has 0 spiro atoms. The highest BCUT2D eigenvalue weighted by atomic mass is 32.2. The first-order chi connectivity index (χ1) is 13.8. The van der Waals surface area contributed by atoms with Gasteiger partial charge >= 0.3 is 0 Å². The summed E-state index contributed by atoms with van der Waals surface area (Å²) in [5, 5.41) is 9.46. The molecule has 0 unspecified atom stereocenters. The van der Waals surface area contributed by atoms with Gasteiger partial charge in [0.2, 0.25) is 0 Å². The summed E-state index contributed by atoms with van der Waals surface area (Å²) in [7, 11) is 1.64. The Morgan fingerprint density at radius 1 is 1.07 bits per heavy atom. The Hall–Kier alpha value is -2.54. The molecule has 3 aromatic rings. The molecular weight excluding hydrogens is 377 g/mol. The van der Waals surface area contributed by atoms with Gasteiger partial charge in [0.25, 0.3) is 0 Å². The van der Waals surface area contributed by atoms with Crippen molar-refractivity contribution in [3.8, 4) is 22.9 Å². The Kier molecular flexibility index (Phi) is 5.81. The highest BCUT2D eigenvalue weighted by Crippen LogP contribution is 2.41. The summed E-state index contributed by atoms with van der Waals surface area (Å²) in [4.78, 5) is 0. The minimum absolute atomic E-state index is 0.263. The predicted molar refractivity (Wildman–Crippen MR) is 108 cm³/mol. The van der Waals surface area contributed by atoms with Crippen LogP contribution in [0.15, 0.2) is 53.7 Å². The number of hydrogen-bond donors (Lipinski definition) is 0. The minimum atomic E-state index is -0.263. The quantitative estimate of drug-likeness (QED) is 0.375. The van der Waals surface area contributed by atoms with Crippen LogP contribution in [0.5, 0.6) is 11.5 Å². The average Bonchev–Trinajstić information content (AvgIpc) is 3.48. The monoisotopic (exact) mass is 399 g/mol. The lowest BCUT2D eigenvalue weighted by molar-refractivity contribution is 0.318. The van der Waals surface area contributed by atoms with Gasteiger partial charge < -0.3 is 9.47 Å². The van der Waals surface area contributed by atoms with Gasteiger partial charge in [0, 0.05) is 11.8 Å². The smallest absolute Gasteiger partial charge is 0.191 e. The average molecular weight is 399 g/mol. The van der Waals surface area contributed by atoms with Crippen LogP contribution in [0.1, 0.15) is 25.3 Å². The number of rotatable bonds is 9. The Morgan fingerprint density at radius 2 is 1.82 bits per heavy atom. The number of ether oxygens (including phenoxy) is 2. The van der Waals surface area contributed by atoms with Crippen LogP contribution in [0.2, 0.25) is 0 Å². The van der Waals surface area contributed by atoms with E-state index < -0.39 is 0 Å². The molecule has 0 N–H and O–H groups in total. The normalized spacial score (nSPS) is 13.5. The molecule has 4 rings (SSSR count). The first-order valence-corrected chi connectivity index (χ1v) is 10.3. The summed E-state index contributed by atoms with van der Waals surface area (Å²) in [6.07, 6.45) is 3.06. The molecule has 0 bridgehead atoms. The van der Waals surface area contributed by atoms with Crippen LogP contribution in [0, 0.1) is 5.82 Å². The molecule has 2 aromatic carbocycles. The summed E-state index contributed by atoms with van der Waals surface area (Å²) in [6.45, 7) is 0.622. The third kappa shape index (κ3) is 4.30. The van der Waals surface area contributed by atoms with E-state index >= 15 is 0 Å². The maximum absolute atomic E-state index is 14.2. The van der Waals surface area contributed by atoms with Gasteiger partial charge in [-0.15, -0.1) is 10.2 Å². The standard InChI is InChI=1S/C21H22FN3O2S/c1-26-16-9-11-17(12-10-16)27-13-4-14-28-21-24-23-20(25(21)15-7-8-15)18-5-2-3-6-19(18)22/h2-3,5-6,9-12,15H,4,7-8,13-14H2,1H3. The van der Waals surface area contributed by atoms with Gasteiger partial charge in [-0.3, -0.25) is 4.57 Å². The zero-order chi connectivity index (χ0) is 19.3. The van der Waals surface area contributed by atoms with Gasteiger partial charge in [-0.05, 0) is 55.7 Å². The fraction of sp³-hybridized carbons (Fsp3) is 0.333. The largest absolute Gasteiger partial charge is 0.497 e. The maximum Gasteiger partial charge on any atom is 0.191 e. The highest BCUT2D eigenvalue weighted by Gasteiger charge is 2.30. The number of hydrogen-bond acceptors (Lipinski definition) is 5. The predicted octanol–water partition coefficient (Wildman–Crippen LogP) is 4.99. The molecule has 0 saturated heterocycles. The Balaban J connectivity index is 1.34. The van der Waals surface area contributed by atoms with E-state index in [1.54, 1.807) is 31.0 Å². The van der Waals surface area contributed by atoms with E-state index in [0.717, 1.165) is 41.7 Å². The Morgan fingerprint density at radius 3 is 2.54 bits per heavy atom. The van der Waals surface area contributed by atoms with E-state index in [1.165, 1.54) is 6.07 Å². The zero-order valence-electron chi connectivity index (χ0n) is 15.7. The molecule has 146 valence electrons. The second-order valence-corrected chi connectivity index (χ2v) is 7.68. The molecule has 1 saturated carbocycles. The third-order valence-corrected chi connectivity index (χ3v) is 5.57. The molecule has 0 aliphatic heterocycles. The lowest BCUT2D eigenvalue weighted by Crippen LogP contribution is -2.02. The van der Waals surface area contributed by atoms with Crippen LogP contribution < -0.4 is 9.47 Å². The first kappa shape index (κ1) is 18.8. The second-order valence-electron chi connectivity index (χ2n) is 6.61. The Bertz CT molecular complexity index is 926. The van der Waals surface area contributed by atoms with Crippen molar-refractivity contribution in [3.63, 3.8) is 0 Å². The fourth-order valence-electron chi connectivity index (χ4n) is 2.95. The number of methoxy groups -OCH3 is 1. The van der Waals surface area contributed by atoms with Crippen LogP contribution in [-0.4, -0.2) is 34.2 Å². The molecule has 1 aliphatic rings. The maximum atomic E-state index is 14.2. The molecule has 0 radical (unpaired) electrons. The zero-order valence-corrected chi connectivity index (χ0v) is 16.5. The van der Waals surface area contributed by atoms with Gasteiger partial charge in [-0.2, -0.15) is 0 Å². The van der Waals surface area contributed by atoms with E-state index in [-0.39, 0.29) is 5.82 Å². The molecule has 1 fully saturated rings. The van der Waals surface area contributed by atoms with Crippen LogP contribution in [-0.2, 0) is 0 Å². The van der Waals surface area contributed by atoms with Crippen molar-refractivity contribution in [1.82, 2.24) is 14.8 Å². The number of benzene rings is 2. The van der Waals surface area contributed by atoms with E-state index in [1.807, 2.05) is 30.3 Å². The first-order valence-electron chi connectivity index (χ1n) is 9.35. The fourth-order valence-corrected chi connectivity index (χ4v) is 3.87. The number of halogens is 1. The number of aromatic nitrogens is 3. The van der Waals surface area contributed by atoms with Crippen LogP contribution in [0.4, 0.5) is 4.39 Å². The summed E-state index contributed by atoms with van der Waals surface area (Å²) < 4.78 is 27.2. The molecule has 1 aliphatic carbocycles.